The van der Waals surface area contributed by atoms with E-state index in [1.165, 1.54) is 12.4 Å². The molecule has 0 aliphatic rings. The highest BCUT2D eigenvalue weighted by Crippen LogP contribution is 1.93. The molecule has 0 bridgehead atoms. The molecule has 0 aliphatic heterocycles. The molecule has 0 fully saturated rings. The Morgan fingerprint density at radius 3 is 3.33 bits per heavy atom. The Labute approximate surface area is 68.6 Å². The van der Waals surface area contributed by atoms with Crippen LogP contribution in [0.15, 0.2) is 19.0 Å². The number of carbonyl (C=O) groups is 1. The third-order valence-electron chi connectivity index (χ3n) is 0.968. The standard InChI is InChI=1S/C6H8N4O2/c1-2-3-12-6(11)9-5-7-4-8-10-5/h2,4H,1,3H2,(H2,7,8,9,10,11). The normalized spacial score (nSPS) is 9.00. The topological polar surface area (TPSA) is 79.9 Å². The highest BCUT2D eigenvalue weighted by molar-refractivity contribution is 5.82. The lowest BCUT2D eigenvalue weighted by atomic mass is 10.7. The summed E-state index contributed by atoms with van der Waals surface area (Å²) in [4.78, 5) is 14.5. The third kappa shape index (κ3) is 2.41. The second kappa shape index (κ2) is 4.12. The summed E-state index contributed by atoms with van der Waals surface area (Å²) < 4.78 is 4.61. The van der Waals surface area contributed by atoms with Crippen molar-refractivity contribution in [2.75, 3.05) is 11.9 Å². The molecule has 0 saturated heterocycles. The number of carbonyl (C=O) groups excluding carboxylic acids is 1. The van der Waals surface area contributed by atoms with Gasteiger partial charge in [-0.25, -0.2) is 9.89 Å². The maximum Gasteiger partial charge on any atom is 0.414 e. The van der Waals surface area contributed by atoms with Gasteiger partial charge in [-0.15, -0.1) is 0 Å². The minimum Gasteiger partial charge on any atom is -0.445 e. The molecule has 2 N–H and O–H groups in total. The molecule has 1 amide bonds. The molecule has 6 nitrogen and oxygen atoms in total. The Kier molecular flexibility index (Phi) is 2.83. The highest BCUT2D eigenvalue weighted by Gasteiger charge is 2.02. The van der Waals surface area contributed by atoms with Crippen LogP contribution in [-0.2, 0) is 4.74 Å². The van der Waals surface area contributed by atoms with Gasteiger partial charge in [0.25, 0.3) is 0 Å². The molecule has 0 saturated carbocycles. The fraction of sp³-hybridized carbons (Fsp3) is 0.167. The highest BCUT2D eigenvalue weighted by atomic mass is 16.5. The Bertz CT molecular complexity index is 257. The van der Waals surface area contributed by atoms with Crippen molar-refractivity contribution in [3.05, 3.63) is 19.0 Å². The van der Waals surface area contributed by atoms with Crippen LogP contribution in [0, 0.1) is 0 Å². The largest absolute Gasteiger partial charge is 0.445 e. The zero-order valence-corrected chi connectivity index (χ0v) is 6.28. The molecular formula is C6H8N4O2. The average molecular weight is 168 g/mol. The number of aromatic amines is 1. The van der Waals surface area contributed by atoms with Crippen LogP contribution in [0.2, 0.25) is 0 Å². The predicted molar refractivity (Wildman–Crippen MR) is 41.6 cm³/mol. The summed E-state index contributed by atoms with van der Waals surface area (Å²) in [5, 5.41) is 8.29. The van der Waals surface area contributed by atoms with Crippen molar-refractivity contribution in [2.45, 2.75) is 0 Å². The van der Waals surface area contributed by atoms with E-state index in [2.05, 4.69) is 31.8 Å². The van der Waals surface area contributed by atoms with Crippen molar-refractivity contribution >= 4 is 12.0 Å². The summed E-state index contributed by atoms with van der Waals surface area (Å²) in [5.74, 6) is 0.254. The zero-order chi connectivity index (χ0) is 8.81. The van der Waals surface area contributed by atoms with Gasteiger partial charge in [-0.2, -0.15) is 10.1 Å². The van der Waals surface area contributed by atoms with Gasteiger partial charge in [-0.05, 0) is 0 Å². The number of aromatic nitrogens is 3. The van der Waals surface area contributed by atoms with E-state index < -0.39 is 6.09 Å². The first-order valence-electron chi connectivity index (χ1n) is 3.23. The number of amides is 1. The molecular weight excluding hydrogens is 160 g/mol. The maximum atomic E-state index is 10.8. The van der Waals surface area contributed by atoms with Crippen LogP contribution >= 0.6 is 0 Å². The lowest BCUT2D eigenvalue weighted by Gasteiger charge is -1.99. The summed E-state index contributed by atoms with van der Waals surface area (Å²) in [7, 11) is 0. The monoisotopic (exact) mass is 168 g/mol. The van der Waals surface area contributed by atoms with Crippen LogP contribution in [0.1, 0.15) is 0 Å². The van der Waals surface area contributed by atoms with E-state index >= 15 is 0 Å². The summed E-state index contributed by atoms with van der Waals surface area (Å²) in [6.07, 6.45) is 2.16. The van der Waals surface area contributed by atoms with Crippen LogP contribution in [0.5, 0.6) is 0 Å². The van der Waals surface area contributed by atoms with E-state index in [4.69, 9.17) is 0 Å². The van der Waals surface area contributed by atoms with E-state index in [-0.39, 0.29) is 12.6 Å². The van der Waals surface area contributed by atoms with Crippen LogP contribution in [0.3, 0.4) is 0 Å². The molecule has 0 spiro atoms. The first-order chi connectivity index (χ1) is 5.83. The van der Waals surface area contributed by atoms with Gasteiger partial charge in [-0.1, -0.05) is 12.7 Å². The van der Waals surface area contributed by atoms with Crippen LogP contribution in [0.4, 0.5) is 10.7 Å². The van der Waals surface area contributed by atoms with E-state index in [1.807, 2.05) is 0 Å². The van der Waals surface area contributed by atoms with Crippen LogP contribution in [0.25, 0.3) is 0 Å². The van der Waals surface area contributed by atoms with Gasteiger partial charge in [0.15, 0.2) is 0 Å². The summed E-state index contributed by atoms with van der Waals surface area (Å²) in [6.45, 7) is 3.56. The van der Waals surface area contributed by atoms with E-state index in [0.29, 0.717) is 0 Å². The lowest BCUT2D eigenvalue weighted by molar-refractivity contribution is 0.174. The molecule has 0 unspecified atom stereocenters. The van der Waals surface area contributed by atoms with Crippen molar-refractivity contribution in [1.82, 2.24) is 15.2 Å². The molecule has 1 aromatic rings. The van der Waals surface area contributed by atoms with E-state index in [1.54, 1.807) is 0 Å². The predicted octanol–water partition coefficient (Wildman–Crippen LogP) is 0.539. The van der Waals surface area contributed by atoms with Crippen molar-refractivity contribution in [2.24, 2.45) is 0 Å². The number of hydrogen-bond acceptors (Lipinski definition) is 4. The Morgan fingerprint density at radius 1 is 1.92 bits per heavy atom. The fourth-order valence-electron chi connectivity index (χ4n) is 0.533. The number of hydrogen-bond donors (Lipinski definition) is 2. The summed E-state index contributed by atoms with van der Waals surface area (Å²) in [5.41, 5.74) is 0. The van der Waals surface area contributed by atoms with Gasteiger partial charge >= 0.3 is 6.09 Å². The van der Waals surface area contributed by atoms with Crippen molar-refractivity contribution in [1.29, 1.82) is 0 Å². The van der Waals surface area contributed by atoms with Gasteiger partial charge < -0.3 is 4.74 Å². The quantitative estimate of drug-likeness (QED) is 0.645. The molecule has 0 aromatic carbocycles. The molecule has 1 aromatic heterocycles. The van der Waals surface area contributed by atoms with Crippen LogP contribution < -0.4 is 5.32 Å². The molecule has 0 atom stereocenters. The second-order valence-corrected chi connectivity index (χ2v) is 1.85. The average Bonchev–Trinajstić information content (AvgIpc) is 2.53. The number of nitrogens with one attached hydrogen (secondary N) is 2. The van der Waals surface area contributed by atoms with Crippen molar-refractivity contribution in [3.63, 3.8) is 0 Å². The molecule has 64 valence electrons. The van der Waals surface area contributed by atoms with E-state index in [9.17, 15) is 4.79 Å². The fourth-order valence-corrected chi connectivity index (χ4v) is 0.533. The van der Waals surface area contributed by atoms with E-state index in [0.717, 1.165) is 0 Å². The molecule has 12 heavy (non-hydrogen) atoms. The first-order valence-corrected chi connectivity index (χ1v) is 3.23. The molecule has 6 heteroatoms. The molecule has 1 heterocycles. The van der Waals surface area contributed by atoms with Crippen LogP contribution in [-0.4, -0.2) is 27.9 Å². The SMILES string of the molecule is C=CCOC(=O)Nc1ncn[nH]1. The van der Waals surface area contributed by atoms with Gasteiger partial charge in [0.1, 0.15) is 12.9 Å². The zero-order valence-electron chi connectivity index (χ0n) is 6.28. The number of H-pyrrole nitrogens is 1. The Balaban J connectivity index is 2.32. The third-order valence-corrected chi connectivity index (χ3v) is 0.968. The molecule has 1 rings (SSSR count). The number of nitrogens with zero attached hydrogens (tertiary/aromatic N) is 2. The van der Waals surface area contributed by atoms with Gasteiger partial charge in [0, 0.05) is 0 Å². The number of anilines is 1. The minimum atomic E-state index is -0.591. The maximum absolute atomic E-state index is 10.8. The Hall–Kier alpha value is -1.85. The smallest absolute Gasteiger partial charge is 0.414 e. The summed E-state index contributed by atoms with van der Waals surface area (Å²) in [6, 6.07) is 0. The molecule has 0 radical (unpaired) electrons. The number of ether oxygens (including phenoxy) is 1. The molecule has 0 aliphatic carbocycles. The van der Waals surface area contributed by atoms with Crippen molar-refractivity contribution in [3.8, 4) is 0 Å². The lowest BCUT2D eigenvalue weighted by Crippen LogP contribution is -2.14. The second-order valence-electron chi connectivity index (χ2n) is 1.85. The minimum absolute atomic E-state index is 0.167. The van der Waals surface area contributed by atoms with Gasteiger partial charge in [0.2, 0.25) is 5.95 Å². The summed E-state index contributed by atoms with van der Waals surface area (Å²) >= 11 is 0. The van der Waals surface area contributed by atoms with Gasteiger partial charge in [0.05, 0.1) is 0 Å². The Morgan fingerprint density at radius 2 is 2.75 bits per heavy atom. The van der Waals surface area contributed by atoms with Crippen molar-refractivity contribution < 1.29 is 9.53 Å². The number of rotatable bonds is 3. The first kappa shape index (κ1) is 8.25. The van der Waals surface area contributed by atoms with Gasteiger partial charge in [-0.3, -0.25) is 5.32 Å².